The third-order valence-electron chi connectivity index (χ3n) is 1.90. The van der Waals surface area contributed by atoms with Crippen molar-refractivity contribution >= 4 is 22.2 Å². The van der Waals surface area contributed by atoms with Crippen molar-refractivity contribution in [1.29, 1.82) is 0 Å². The molecule has 0 fully saturated rings. The number of hydrogen-bond acceptors (Lipinski definition) is 4. The second kappa shape index (κ2) is 3.86. The monoisotopic (exact) mass is 267 g/mol. The molecule has 0 saturated heterocycles. The number of carbonyl (C=O) groups excluding carboxylic acids is 1. The van der Waals surface area contributed by atoms with Gasteiger partial charge in [0.15, 0.2) is 17.7 Å². The molecule has 0 spiro atoms. The number of aldehydes is 1. The summed E-state index contributed by atoms with van der Waals surface area (Å²) in [5, 5.41) is 12.7. The van der Waals surface area contributed by atoms with Crippen LogP contribution in [0.1, 0.15) is 10.5 Å². The SMILES string of the molecule is O=Cc1noc(-c2ccc(O)cc2)c1Br. The molecule has 0 aliphatic carbocycles. The maximum Gasteiger partial charge on any atom is 0.181 e. The van der Waals surface area contributed by atoms with E-state index >= 15 is 0 Å². The van der Waals surface area contributed by atoms with E-state index < -0.39 is 0 Å². The first-order chi connectivity index (χ1) is 7.22. The fourth-order valence-electron chi connectivity index (χ4n) is 1.16. The van der Waals surface area contributed by atoms with Gasteiger partial charge in [-0.05, 0) is 40.2 Å². The van der Waals surface area contributed by atoms with E-state index in [9.17, 15) is 4.79 Å². The smallest absolute Gasteiger partial charge is 0.181 e. The fourth-order valence-corrected chi connectivity index (χ4v) is 1.62. The van der Waals surface area contributed by atoms with Crippen molar-refractivity contribution in [3.05, 3.63) is 34.4 Å². The van der Waals surface area contributed by atoms with Gasteiger partial charge < -0.3 is 9.63 Å². The van der Waals surface area contributed by atoms with Gasteiger partial charge in [-0.15, -0.1) is 0 Å². The lowest BCUT2D eigenvalue weighted by atomic mass is 10.1. The van der Waals surface area contributed by atoms with Crippen molar-refractivity contribution in [3.8, 4) is 17.1 Å². The number of carbonyl (C=O) groups is 1. The lowest BCUT2D eigenvalue weighted by Crippen LogP contribution is -1.78. The van der Waals surface area contributed by atoms with Crippen LogP contribution in [0.4, 0.5) is 0 Å². The quantitative estimate of drug-likeness (QED) is 0.850. The predicted octanol–water partition coefficient (Wildman–Crippen LogP) is 2.62. The number of nitrogens with zero attached hydrogens (tertiary/aromatic N) is 1. The Kier molecular flexibility index (Phi) is 2.55. The van der Waals surface area contributed by atoms with Crippen molar-refractivity contribution in [2.75, 3.05) is 0 Å². The van der Waals surface area contributed by atoms with E-state index in [-0.39, 0.29) is 11.4 Å². The van der Waals surface area contributed by atoms with Crippen LogP contribution in [0, 0.1) is 0 Å². The first kappa shape index (κ1) is 9.92. The van der Waals surface area contributed by atoms with Crippen molar-refractivity contribution in [2.24, 2.45) is 0 Å². The van der Waals surface area contributed by atoms with Crippen LogP contribution in [-0.4, -0.2) is 16.5 Å². The zero-order chi connectivity index (χ0) is 10.8. The first-order valence-electron chi connectivity index (χ1n) is 4.12. The van der Waals surface area contributed by atoms with E-state index in [1.807, 2.05) is 0 Å². The number of aromatic nitrogens is 1. The molecule has 1 aromatic heterocycles. The number of aromatic hydroxyl groups is 1. The van der Waals surface area contributed by atoms with Gasteiger partial charge in [0.1, 0.15) is 5.75 Å². The van der Waals surface area contributed by atoms with Crippen molar-refractivity contribution in [2.45, 2.75) is 0 Å². The number of halogens is 1. The Bertz CT molecular complexity index is 490. The summed E-state index contributed by atoms with van der Waals surface area (Å²) in [7, 11) is 0. The average Bonchev–Trinajstić information content (AvgIpc) is 2.61. The van der Waals surface area contributed by atoms with Gasteiger partial charge in [-0.1, -0.05) is 5.16 Å². The molecule has 0 radical (unpaired) electrons. The Labute approximate surface area is 93.6 Å². The van der Waals surface area contributed by atoms with Crippen LogP contribution in [0.25, 0.3) is 11.3 Å². The molecule has 0 aliphatic heterocycles. The zero-order valence-corrected chi connectivity index (χ0v) is 9.06. The summed E-state index contributed by atoms with van der Waals surface area (Å²) >= 11 is 3.22. The second-order valence-electron chi connectivity index (χ2n) is 2.88. The minimum Gasteiger partial charge on any atom is -0.508 e. The third kappa shape index (κ3) is 1.78. The minimum atomic E-state index is 0.171. The van der Waals surface area contributed by atoms with Crippen LogP contribution >= 0.6 is 15.9 Å². The molecule has 1 N–H and O–H groups in total. The summed E-state index contributed by atoms with van der Waals surface area (Å²) < 4.78 is 5.52. The number of phenolic OH excluding ortho intramolecular Hbond substituents is 1. The summed E-state index contributed by atoms with van der Waals surface area (Å²) in [6.45, 7) is 0. The summed E-state index contributed by atoms with van der Waals surface area (Å²) in [4.78, 5) is 10.5. The molecule has 0 aliphatic rings. The molecule has 15 heavy (non-hydrogen) atoms. The number of phenols is 1. The van der Waals surface area contributed by atoms with Crippen molar-refractivity contribution in [3.63, 3.8) is 0 Å². The van der Waals surface area contributed by atoms with E-state index in [4.69, 9.17) is 9.63 Å². The summed E-state index contributed by atoms with van der Waals surface area (Å²) in [5.74, 6) is 0.641. The van der Waals surface area contributed by atoms with Gasteiger partial charge in [0.25, 0.3) is 0 Å². The zero-order valence-electron chi connectivity index (χ0n) is 7.48. The van der Waals surface area contributed by atoms with Crippen molar-refractivity contribution in [1.82, 2.24) is 5.16 Å². The lowest BCUT2D eigenvalue weighted by molar-refractivity contribution is 0.111. The van der Waals surface area contributed by atoms with Crippen molar-refractivity contribution < 1.29 is 14.4 Å². The number of rotatable bonds is 2. The highest BCUT2D eigenvalue weighted by Gasteiger charge is 2.14. The number of hydrogen-bond donors (Lipinski definition) is 1. The third-order valence-corrected chi connectivity index (χ3v) is 2.67. The maximum atomic E-state index is 10.5. The van der Waals surface area contributed by atoms with E-state index in [0.717, 1.165) is 5.56 Å². The van der Waals surface area contributed by atoms with Crippen LogP contribution in [-0.2, 0) is 0 Å². The molecule has 2 aromatic rings. The van der Waals surface area contributed by atoms with E-state index in [1.165, 1.54) is 12.1 Å². The summed E-state index contributed by atoms with van der Waals surface area (Å²) in [5.41, 5.74) is 0.957. The Morgan fingerprint density at radius 1 is 1.33 bits per heavy atom. The molecule has 4 nitrogen and oxygen atoms in total. The lowest BCUT2D eigenvalue weighted by Gasteiger charge is -1.96. The van der Waals surface area contributed by atoms with Gasteiger partial charge in [0.2, 0.25) is 0 Å². The summed E-state index contributed by atoms with van der Waals surface area (Å²) in [6.07, 6.45) is 0.609. The average molecular weight is 268 g/mol. The van der Waals surface area contributed by atoms with Crippen LogP contribution < -0.4 is 0 Å². The Balaban J connectivity index is 2.49. The van der Waals surface area contributed by atoms with Crippen LogP contribution in [0.3, 0.4) is 0 Å². The predicted molar refractivity (Wildman–Crippen MR) is 56.7 cm³/mol. The van der Waals surface area contributed by atoms with Gasteiger partial charge in [-0.25, -0.2) is 0 Å². The number of benzene rings is 1. The molecule has 0 bridgehead atoms. The fraction of sp³-hybridized carbons (Fsp3) is 0. The highest BCUT2D eigenvalue weighted by molar-refractivity contribution is 9.10. The van der Waals surface area contributed by atoms with E-state index in [2.05, 4.69) is 21.1 Å². The van der Waals surface area contributed by atoms with Gasteiger partial charge in [-0.2, -0.15) is 0 Å². The molecule has 0 saturated carbocycles. The van der Waals surface area contributed by atoms with Gasteiger partial charge in [0.05, 0.1) is 4.47 Å². The van der Waals surface area contributed by atoms with Crippen LogP contribution in [0.2, 0.25) is 0 Å². The molecule has 76 valence electrons. The molecule has 0 amide bonds. The Morgan fingerprint density at radius 2 is 2.00 bits per heavy atom. The summed E-state index contributed by atoms with van der Waals surface area (Å²) in [6, 6.07) is 6.42. The molecular weight excluding hydrogens is 262 g/mol. The molecule has 0 atom stereocenters. The Morgan fingerprint density at radius 3 is 2.53 bits per heavy atom. The molecule has 1 heterocycles. The first-order valence-corrected chi connectivity index (χ1v) is 4.91. The van der Waals surface area contributed by atoms with Gasteiger partial charge in [0, 0.05) is 5.56 Å². The van der Waals surface area contributed by atoms with Crippen LogP contribution in [0.15, 0.2) is 33.3 Å². The van der Waals surface area contributed by atoms with Gasteiger partial charge in [-0.3, -0.25) is 4.79 Å². The molecule has 2 rings (SSSR count). The molecular formula is C10H6BrNO3. The van der Waals surface area contributed by atoms with E-state index in [1.54, 1.807) is 12.1 Å². The molecule has 1 aromatic carbocycles. The topological polar surface area (TPSA) is 63.3 Å². The second-order valence-corrected chi connectivity index (χ2v) is 3.67. The normalized spacial score (nSPS) is 10.2. The molecule has 0 unspecified atom stereocenters. The Hall–Kier alpha value is -1.62. The molecule has 5 heteroatoms. The van der Waals surface area contributed by atoms with Gasteiger partial charge >= 0.3 is 0 Å². The maximum absolute atomic E-state index is 10.5. The standard InChI is InChI=1S/C10H6BrNO3/c11-9-8(5-13)12-15-10(9)6-1-3-7(14)4-2-6/h1-5,14H. The minimum absolute atomic E-state index is 0.171. The highest BCUT2D eigenvalue weighted by Crippen LogP contribution is 2.31. The van der Waals surface area contributed by atoms with Crippen LogP contribution in [0.5, 0.6) is 5.75 Å². The largest absolute Gasteiger partial charge is 0.508 e. The highest BCUT2D eigenvalue weighted by atomic mass is 79.9. The van der Waals surface area contributed by atoms with E-state index in [0.29, 0.717) is 16.5 Å².